The predicted molar refractivity (Wildman–Crippen MR) is 77.7 cm³/mol. The molecule has 1 unspecified atom stereocenters. The van der Waals surface area contributed by atoms with Crippen molar-refractivity contribution >= 4 is 11.4 Å². The first-order chi connectivity index (χ1) is 9.49. The van der Waals surface area contributed by atoms with E-state index in [0.717, 1.165) is 5.69 Å². The SMILES string of the molecule is CC(Nc1cnn(C(C)C)c1)c1ccccc1[N+](=O)[O-]. The number of rotatable bonds is 5. The van der Waals surface area contributed by atoms with E-state index in [9.17, 15) is 10.1 Å². The maximum Gasteiger partial charge on any atom is 0.274 e. The standard InChI is InChI=1S/C14H18N4O2/c1-10(2)17-9-12(8-15-17)16-11(3)13-6-4-5-7-14(13)18(19)20/h4-11,16H,1-3H3. The summed E-state index contributed by atoms with van der Waals surface area (Å²) < 4.78 is 1.84. The highest BCUT2D eigenvalue weighted by Gasteiger charge is 2.18. The fourth-order valence-corrected chi connectivity index (χ4v) is 2.04. The van der Waals surface area contributed by atoms with Crippen LogP contribution >= 0.6 is 0 Å². The Morgan fingerprint density at radius 1 is 1.30 bits per heavy atom. The van der Waals surface area contributed by atoms with Gasteiger partial charge in [-0.25, -0.2) is 0 Å². The molecule has 0 aliphatic rings. The molecule has 2 rings (SSSR count). The number of hydrogen-bond acceptors (Lipinski definition) is 4. The molecule has 0 amide bonds. The summed E-state index contributed by atoms with van der Waals surface area (Å²) in [7, 11) is 0. The van der Waals surface area contributed by atoms with E-state index in [2.05, 4.69) is 10.4 Å². The Morgan fingerprint density at radius 3 is 2.60 bits per heavy atom. The van der Waals surface area contributed by atoms with Crippen molar-refractivity contribution in [1.29, 1.82) is 0 Å². The Morgan fingerprint density at radius 2 is 2.00 bits per heavy atom. The summed E-state index contributed by atoms with van der Waals surface area (Å²) in [5.41, 5.74) is 1.64. The maximum absolute atomic E-state index is 11.0. The molecule has 0 aliphatic heterocycles. The molecular formula is C14H18N4O2. The molecule has 1 aromatic carbocycles. The van der Waals surface area contributed by atoms with Gasteiger partial charge >= 0.3 is 0 Å². The second kappa shape index (κ2) is 5.73. The third-order valence-electron chi connectivity index (χ3n) is 3.11. The molecule has 20 heavy (non-hydrogen) atoms. The third-order valence-corrected chi connectivity index (χ3v) is 3.11. The molecule has 0 saturated carbocycles. The molecule has 0 aliphatic carbocycles. The van der Waals surface area contributed by atoms with Gasteiger partial charge in [0.2, 0.25) is 0 Å². The Balaban J connectivity index is 2.19. The van der Waals surface area contributed by atoms with Crippen molar-refractivity contribution in [2.45, 2.75) is 32.9 Å². The maximum atomic E-state index is 11.0. The molecule has 1 heterocycles. The van der Waals surface area contributed by atoms with Crippen molar-refractivity contribution in [3.63, 3.8) is 0 Å². The summed E-state index contributed by atoms with van der Waals surface area (Å²) in [6.07, 6.45) is 3.63. The molecule has 1 aromatic heterocycles. The Labute approximate surface area is 117 Å². The Hall–Kier alpha value is -2.37. The second-order valence-electron chi connectivity index (χ2n) is 4.98. The summed E-state index contributed by atoms with van der Waals surface area (Å²) in [5.74, 6) is 0. The summed E-state index contributed by atoms with van der Waals surface area (Å²) in [4.78, 5) is 10.7. The lowest BCUT2D eigenvalue weighted by Gasteiger charge is -2.14. The molecule has 6 heteroatoms. The van der Waals surface area contributed by atoms with Crippen molar-refractivity contribution in [1.82, 2.24) is 9.78 Å². The molecule has 2 aromatic rings. The van der Waals surface area contributed by atoms with Crippen molar-refractivity contribution in [2.24, 2.45) is 0 Å². The van der Waals surface area contributed by atoms with Crippen LogP contribution in [0.2, 0.25) is 0 Å². The van der Waals surface area contributed by atoms with Crippen LogP contribution in [0.15, 0.2) is 36.7 Å². The van der Waals surface area contributed by atoms with Gasteiger partial charge in [-0.1, -0.05) is 18.2 Å². The van der Waals surface area contributed by atoms with E-state index < -0.39 is 0 Å². The molecule has 0 radical (unpaired) electrons. The number of aromatic nitrogens is 2. The van der Waals surface area contributed by atoms with Crippen molar-refractivity contribution in [3.8, 4) is 0 Å². The van der Waals surface area contributed by atoms with Gasteiger partial charge in [0, 0.05) is 18.3 Å². The lowest BCUT2D eigenvalue weighted by atomic mass is 10.1. The number of nitrogens with one attached hydrogen (secondary N) is 1. The van der Waals surface area contributed by atoms with Crippen LogP contribution in [0.25, 0.3) is 0 Å². The van der Waals surface area contributed by atoms with Crippen LogP contribution in [-0.2, 0) is 0 Å². The van der Waals surface area contributed by atoms with E-state index >= 15 is 0 Å². The zero-order valence-electron chi connectivity index (χ0n) is 11.8. The lowest BCUT2D eigenvalue weighted by molar-refractivity contribution is -0.385. The lowest BCUT2D eigenvalue weighted by Crippen LogP contribution is -2.08. The topological polar surface area (TPSA) is 73.0 Å². The van der Waals surface area contributed by atoms with Crippen molar-refractivity contribution in [2.75, 3.05) is 5.32 Å². The highest BCUT2D eigenvalue weighted by molar-refractivity contribution is 5.48. The number of anilines is 1. The van der Waals surface area contributed by atoms with Gasteiger partial charge in [0.05, 0.1) is 28.4 Å². The Bertz CT molecular complexity index is 607. The average Bonchev–Trinajstić information content (AvgIpc) is 2.87. The molecule has 0 spiro atoms. The minimum absolute atomic E-state index is 0.128. The van der Waals surface area contributed by atoms with Gasteiger partial charge in [0.1, 0.15) is 0 Å². The monoisotopic (exact) mass is 274 g/mol. The van der Waals surface area contributed by atoms with Crippen LogP contribution in [0.1, 0.15) is 38.4 Å². The van der Waals surface area contributed by atoms with Crippen LogP contribution in [0, 0.1) is 10.1 Å². The van der Waals surface area contributed by atoms with Crippen LogP contribution in [0.5, 0.6) is 0 Å². The summed E-state index contributed by atoms with van der Waals surface area (Å²) in [6.45, 7) is 5.99. The van der Waals surface area contributed by atoms with E-state index in [1.54, 1.807) is 24.4 Å². The van der Waals surface area contributed by atoms with Crippen molar-refractivity contribution in [3.05, 3.63) is 52.3 Å². The molecule has 1 N–H and O–H groups in total. The number of hydrogen-bond donors (Lipinski definition) is 1. The molecule has 0 fully saturated rings. The fourth-order valence-electron chi connectivity index (χ4n) is 2.04. The van der Waals surface area contributed by atoms with Gasteiger partial charge < -0.3 is 5.32 Å². The smallest absolute Gasteiger partial charge is 0.274 e. The third kappa shape index (κ3) is 2.96. The first kappa shape index (κ1) is 14.0. The van der Waals surface area contributed by atoms with E-state index in [4.69, 9.17) is 0 Å². The fraction of sp³-hybridized carbons (Fsp3) is 0.357. The zero-order chi connectivity index (χ0) is 14.7. The number of nitrogens with zero attached hydrogens (tertiary/aromatic N) is 3. The number of nitro benzene ring substituents is 1. The molecule has 0 bridgehead atoms. The predicted octanol–water partition coefficient (Wildman–Crippen LogP) is 3.55. The van der Waals surface area contributed by atoms with Crippen LogP contribution < -0.4 is 5.32 Å². The van der Waals surface area contributed by atoms with E-state index in [1.807, 2.05) is 31.6 Å². The number of para-hydroxylation sites is 1. The number of nitro groups is 1. The molecule has 0 saturated heterocycles. The summed E-state index contributed by atoms with van der Waals surface area (Å²) >= 11 is 0. The summed E-state index contributed by atoms with van der Waals surface area (Å²) in [5, 5.41) is 18.5. The average molecular weight is 274 g/mol. The van der Waals surface area contributed by atoms with Gasteiger partial charge in [0.15, 0.2) is 0 Å². The number of benzene rings is 1. The van der Waals surface area contributed by atoms with E-state index in [0.29, 0.717) is 5.56 Å². The quantitative estimate of drug-likeness (QED) is 0.668. The first-order valence-corrected chi connectivity index (χ1v) is 6.53. The van der Waals surface area contributed by atoms with Gasteiger partial charge in [-0.15, -0.1) is 0 Å². The molecular weight excluding hydrogens is 256 g/mol. The largest absolute Gasteiger partial charge is 0.376 e. The van der Waals surface area contributed by atoms with Gasteiger partial charge in [-0.2, -0.15) is 5.10 Å². The first-order valence-electron chi connectivity index (χ1n) is 6.53. The van der Waals surface area contributed by atoms with Crippen molar-refractivity contribution < 1.29 is 4.92 Å². The summed E-state index contributed by atoms with van der Waals surface area (Å²) in [6, 6.07) is 6.88. The highest BCUT2D eigenvalue weighted by Crippen LogP contribution is 2.27. The van der Waals surface area contributed by atoms with Gasteiger partial charge in [0.25, 0.3) is 5.69 Å². The van der Waals surface area contributed by atoms with Crippen LogP contribution in [-0.4, -0.2) is 14.7 Å². The van der Waals surface area contributed by atoms with Gasteiger partial charge in [-0.05, 0) is 20.8 Å². The second-order valence-corrected chi connectivity index (χ2v) is 4.98. The highest BCUT2D eigenvalue weighted by atomic mass is 16.6. The normalized spacial score (nSPS) is 12.4. The van der Waals surface area contributed by atoms with Crippen LogP contribution in [0.3, 0.4) is 0 Å². The van der Waals surface area contributed by atoms with Crippen LogP contribution in [0.4, 0.5) is 11.4 Å². The van der Waals surface area contributed by atoms with E-state index in [1.165, 1.54) is 6.07 Å². The minimum Gasteiger partial charge on any atom is -0.376 e. The molecule has 6 nitrogen and oxygen atoms in total. The molecule has 1 atom stereocenters. The minimum atomic E-state index is -0.356. The zero-order valence-corrected chi connectivity index (χ0v) is 11.8. The van der Waals surface area contributed by atoms with E-state index in [-0.39, 0.29) is 22.7 Å². The Kier molecular flexibility index (Phi) is 4.02. The molecule has 106 valence electrons. The van der Waals surface area contributed by atoms with Gasteiger partial charge in [-0.3, -0.25) is 14.8 Å².